The van der Waals surface area contributed by atoms with Gasteiger partial charge in [-0.2, -0.15) is 5.10 Å². The van der Waals surface area contributed by atoms with Crippen LogP contribution >= 0.6 is 0 Å². The SMILES string of the molecule is Cn1ncc2c(=O)n(CC(=O)NC3CC(C)(C)CCc4ccccc43)cnc21. The second-order valence-corrected chi connectivity index (χ2v) is 8.37. The number of carbonyl (C=O) groups excluding carboxylic acids is 1. The minimum atomic E-state index is -0.255. The minimum Gasteiger partial charge on any atom is -0.348 e. The topological polar surface area (TPSA) is 81.8 Å². The van der Waals surface area contributed by atoms with Crippen LogP contribution in [-0.2, 0) is 24.8 Å². The summed E-state index contributed by atoms with van der Waals surface area (Å²) in [5.41, 5.74) is 2.85. The molecule has 1 aliphatic carbocycles. The molecule has 28 heavy (non-hydrogen) atoms. The third-order valence-corrected chi connectivity index (χ3v) is 5.63. The van der Waals surface area contributed by atoms with Crippen LogP contribution < -0.4 is 10.9 Å². The maximum atomic E-state index is 12.8. The lowest BCUT2D eigenvalue weighted by Gasteiger charge is -2.27. The highest BCUT2D eigenvalue weighted by molar-refractivity contribution is 5.77. The average molecular weight is 379 g/mol. The van der Waals surface area contributed by atoms with Gasteiger partial charge >= 0.3 is 0 Å². The predicted octanol–water partition coefficient (Wildman–Crippen LogP) is 2.35. The predicted molar refractivity (Wildman–Crippen MR) is 107 cm³/mol. The third-order valence-electron chi connectivity index (χ3n) is 5.63. The zero-order valence-electron chi connectivity index (χ0n) is 16.5. The fourth-order valence-electron chi connectivity index (χ4n) is 4.04. The molecule has 0 saturated heterocycles. The molecule has 0 fully saturated rings. The Hall–Kier alpha value is -2.96. The van der Waals surface area contributed by atoms with E-state index in [4.69, 9.17) is 0 Å². The molecule has 1 aromatic carbocycles. The Morgan fingerprint density at radius 3 is 2.93 bits per heavy atom. The zero-order chi connectivity index (χ0) is 19.9. The quantitative estimate of drug-likeness (QED) is 0.708. The van der Waals surface area contributed by atoms with Crippen LogP contribution in [0.25, 0.3) is 11.0 Å². The molecule has 0 aliphatic heterocycles. The zero-order valence-corrected chi connectivity index (χ0v) is 16.5. The number of fused-ring (bicyclic) bond motifs is 2. The molecule has 1 amide bonds. The fraction of sp³-hybridized carbons (Fsp3) is 0.429. The number of nitrogens with one attached hydrogen (secondary N) is 1. The summed E-state index contributed by atoms with van der Waals surface area (Å²) in [5, 5.41) is 7.63. The van der Waals surface area contributed by atoms with Crippen molar-refractivity contribution in [3.8, 4) is 0 Å². The second kappa shape index (κ2) is 6.89. The molecular formula is C21H25N5O2. The van der Waals surface area contributed by atoms with Gasteiger partial charge < -0.3 is 5.32 Å². The van der Waals surface area contributed by atoms with Crippen molar-refractivity contribution in [1.82, 2.24) is 24.6 Å². The van der Waals surface area contributed by atoms with E-state index in [1.165, 1.54) is 28.2 Å². The van der Waals surface area contributed by atoms with E-state index in [0.29, 0.717) is 11.0 Å². The first-order valence-corrected chi connectivity index (χ1v) is 9.58. The molecule has 146 valence electrons. The number of benzene rings is 1. The minimum absolute atomic E-state index is 0.0598. The number of aryl methyl sites for hydroxylation is 2. The van der Waals surface area contributed by atoms with Crippen molar-refractivity contribution in [3.63, 3.8) is 0 Å². The van der Waals surface area contributed by atoms with Crippen LogP contribution in [0.1, 0.15) is 43.9 Å². The molecule has 7 nitrogen and oxygen atoms in total. The standard InChI is InChI=1S/C21H25N5O2/c1-21(2)9-8-14-6-4-5-7-15(14)17(10-21)24-18(27)12-26-13-22-19-16(20(26)28)11-23-25(19)3/h4-7,11,13,17H,8-10,12H2,1-3H3,(H,24,27). The summed E-state index contributed by atoms with van der Waals surface area (Å²) >= 11 is 0. The van der Waals surface area contributed by atoms with Crippen molar-refractivity contribution < 1.29 is 4.79 Å². The number of hydrogen-bond donors (Lipinski definition) is 1. The van der Waals surface area contributed by atoms with Gasteiger partial charge in [0, 0.05) is 7.05 Å². The van der Waals surface area contributed by atoms with E-state index in [1.807, 2.05) is 12.1 Å². The number of nitrogens with zero attached hydrogens (tertiary/aromatic N) is 4. The molecule has 2 heterocycles. The number of rotatable bonds is 3. The Labute approximate surface area is 163 Å². The number of carbonyl (C=O) groups is 1. The van der Waals surface area contributed by atoms with E-state index < -0.39 is 0 Å². The summed E-state index contributed by atoms with van der Waals surface area (Å²) in [6.07, 6.45) is 5.86. The van der Waals surface area contributed by atoms with Gasteiger partial charge in [0.1, 0.15) is 18.3 Å². The van der Waals surface area contributed by atoms with Crippen LogP contribution in [0.5, 0.6) is 0 Å². The van der Waals surface area contributed by atoms with Gasteiger partial charge in [-0.1, -0.05) is 38.1 Å². The highest BCUT2D eigenvalue weighted by Crippen LogP contribution is 2.39. The molecule has 1 atom stereocenters. The molecule has 1 aliphatic rings. The maximum Gasteiger partial charge on any atom is 0.264 e. The highest BCUT2D eigenvalue weighted by Gasteiger charge is 2.30. The van der Waals surface area contributed by atoms with Gasteiger partial charge in [-0.25, -0.2) is 4.98 Å². The Morgan fingerprint density at radius 1 is 1.32 bits per heavy atom. The van der Waals surface area contributed by atoms with E-state index in [1.54, 1.807) is 11.7 Å². The van der Waals surface area contributed by atoms with Crippen LogP contribution in [0.4, 0.5) is 0 Å². The molecule has 4 rings (SSSR count). The third kappa shape index (κ3) is 3.44. The molecule has 0 bridgehead atoms. The van der Waals surface area contributed by atoms with Gasteiger partial charge in [0.05, 0.1) is 12.2 Å². The number of amides is 1. The van der Waals surface area contributed by atoms with Crippen molar-refractivity contribution in [2.75, 3.05) is 0 Å². The van der Waals surface area contributed by atoms with Gasteiger partial charge in [0.25, 0.3) is 5.56 Å². The van der Waals surface area contributed by atoms with E-state index in [0.717, 1.165) is 19.3 Å². The number of hydrogen-bond acceptors (Lipinski definition) is 4. The highest BCUT2D eigenvalue weighted by atomic mass is 16.2. The van der Waals surface area contributed by atoms with Crippen molar-refractivity contribution in [3.05, 3.63) is 58.3 Å². The summed E-state index contributed by atoms with van der Waals surface area (Å²) in [6, 6.07) is 8.23. The Bertz CT molecular complexity index is 1100. The van der Waals surface area contributed by atoms with Crippen LogP contribution in [0.15, 0.2) is 41.6 Å². The number of aromatic nitrogens is 4. The molecule has 0 saturated carbocycles. The van der Waals surface area contributed by atoms with E-state index in [2.05, 4.69) is 41.4 Å². The molecule has 2 aromatic heterocycles. The summed E-state index contributed by atoms with van der Waals surface area (Å²) in [5.74, 6) is -0.190. The Balaban J connectivity index is 1.58. The molecule has 0 radical (unpaired) electrons. The summed E-state index contributed by atoms with van der Waals surface area (Å²) in [6.45, 7) is 4.42. The first-order valence-electron chi connectivity index (χ1n) is 9.58. The lowest BCUT2D eigenvalue weighted by atomic mass is 9.83. The van der Waals surface area contributed by atoms with Crippen molar-refractivity contribution in [1.29, 1.82) is 0 Å². The molecule has 0 spiro atoms. The summed E-state index contributed by atoms with van der Waals surface area (Å²) < 4.78 is 2.89. The van der Waals surface area contributed by atoms with Crippen LogP contribution in [0, 0.1) is 5.41 Å². The average Bonchev–Trinajstić information content (AvgIpc) is 2.97. The molecule has 1 N–H and O–H groups in total. The lowest BCUT2D eigenvalue weighted by Crippen LogP contribution is -2.36. The Morgan fingerprint density at radius 2 is 2.11 bits per heavy atom. The molecular weight excluding hydrogens is 354 g/mol. The van der Waals surface area contributed by atoms with Gasteiger partial charge in [-0.3, -0.25) is 18.8 Å². The Kier molecular flexibility index (Phi) is 4.53. The van der Waals surface area contributed by atoms with Crippen LogP contribution in [0.2, 0.25) is 0 Å². The van der Waals surface area contributed by atoms with Crippen LogP contribution in [-0.4, -0.2) is 25.2 Å². The normalized spacial score (nSPS) is 18.5. The largest absolute Gasteiger partial charge is 0.348 e. The van der Waals surface area contributed by atoms with Crippen molar-refractivity contribution in [2.45, 2.75) is 45.7 Å². The van der Waals surface area contributed by atoms with E-state index in [-0.39, 0.29) is 29.5 Å². The maximum absolute atomic E-state index is 12.8. The van der Waals surface area contributed by atoms with Crippen molar-refractivity contribution >= 4 is 16.9 Å². The van der Waals surface area contributed by atoms with Gasteiger partial charge in [-0.15, -0.1) is 0 Å². The molecule has 1 unspecified atom stereocenters. The smallest absolute Gasteiger partial charge is 0.264 e. The van der Waals surface area contributed by atoms with E-state index in [9.17, 15) is 9.59 Å². The first-order chi connectivity index (χ1) is 13.3. The molecule has 3 aromatic rings. The fourth-order valence-corrected chi connectivity index (χ4v) is 4.04. The molecule has 7 heteroatoms. The summed E-state index contributed by atoms with van der Waals surface area (Å²) in [7, 11) is 1.73. The monoisotopic (exact) mass is 379 g/mol. The van der Waals surface area contributed by atoms with Gasteiger partial charge in [0.15, 0.2) is 5.65 Å². The second-order valence-electron chi connectivity index (χ2n) is 8.37. The van der Waals surface area contributed by atoms with E-state index >= 15 is 0 Å². The van der Waals surface area contributed by atoms with Crippen LogP contribution in [0.3, 0.4) is 0 Å². The van der Waals surface area contributed by atoms with Crippen molar-refractivity contribution in [2.24, 2.45) is 12.5 Å². The lowest BCUT2D eigenvalue weighted by molar-refractivity contribution is -0.122. The summed E-state index contributed by atoms with van der Waals surface area (Å²) in [4.78, 5) is 29.7. The van der Waals surface area contributed by atoms with Gasteiger partial charge in [-0.05, 0) is 35.8 Å². The first kappa shape index (κ1) is 18.4. The van der Waals surface area contributed by atoms with Gasteiger partial charge in [0.2, 0.25) is 5.91 Å².